The van der Waals surface area contributed by atoms with Crippen LogP contribution < -0.4 is 0 Å². The Bertz CT molecular complexity index is 438. The van der Waals surface area contributed by atoms with Gasteiger partial charge in [-0.2, -0.15) is 4.99 Å². The minimum absolute atomic E-state index is 0. The van der Waals surface area contributed by atoms with Crippen molar-refractivity contribution in [2.45, 2.75) is 6.54 Å². The Morgan fingerprint density at radius 3 is 2.53 bits per heavy atom. The third-order valence-electron chi connectivity index (χ3n) is 2.43. The maximum absolute atomic E-state index is 10.1. The maximum atomic E-state index is 10.1. The number of hydrogen-bond donors (Lipinski definition) is 0. The van der Waals surface area contributed by atoms with Crippen LogP contribution in [0.3, 0.4) is 0 Å². The topological polar surface area (TPSA) is 35.9 Å². The summed E-state index contributed by atoms with van der Waals surface area (Å²) in [6.07, 6.45) is 5.64. The van der Waals surface area contributed by atoms with Crippen molar-refractivity contribution in [3.63, 3.8) is 0 Å². The molecule has 1 aromatic carbocycles. The second-order valence-electron chi connectivity index (χ2n) is 3.81. The van der Waals surface area contributed by atoms with Gasteiger partial charge >= 0.3 is 0 Å². The molecule has 4 nitrogen and oxygen atoms in total. The smallest absolute Gasteiger partial charge is 0.240 e. The zero-order valence-electron chi connectivity index (χ0n) is 9.54. The van der Waals surface area contributed by atoms with E-state index in [1.54, 1.807) is 0 Å². The molecule has 1 aromatic rings. The molecule has 0 saturated carbocycles. The van der Waals surface area contributed by atoms with Crippen molar-refractivity contribution in [3.05, 3.63) is 42.2 Å². The van der Waals surface area contributed by atoms with Crippen molar-refractivity contribution in [2.75, 3.05) is 13.7 Å². The first-order valence-electron chi connectivity index (χ1n) is 5.07. The Morgan fingerprint density at radius 1 is 1.29 bits per heavy atom. The number of hydrogen-bond acceptors (Lipinski definition) is 4. The van der Waals surface area contributed by atoms with Crippen molar-refractivity contribution in [1.82, 2.24) is 9.80 Å². The van der Waals surface area contributed by atoms with Gasteiger partial charge in [0.15, 0.2) is 0 Å². The van der Waals surface area contributed by atoms with Crippen molar-refractivity contribution in [3.8, 4) is 0 Å². The Morgan fingerprint density at radius 2 is 2.00 bits per heavy atom. The molecule has 0 fully saturated rings. The van der Waals surface area contributed by atoms with Crippen molar-refractivity contribution in [2.24, 2.45) is 4.99 Å². The van der Waals surface area contributed by atoms with E-state index < -0.39 is 0 Å². The van der Waals surface area contributed by atoms with E-state index in [0.29, 0.717) is 5.69 Å². The van der Waals surface area contributed by atoms with Gasteiger partial charge in [0.25, 0.3) is 0 Å². The van der Waals surface area contributed by atoms with Crippen LogP contribution in [0.2, 0.25) is 0 Å². The summed E-state index contributed by atoms with van der Waals surface area (Å²) in [5.41, 5.74) is 1.85. The van der Waals surface area contributed by atoms with E-state index in [9.17, 15) is 4.79 Å². The maximum Gasteiger partial charge on any atom is 0.240 e. The summed E-state index contributed by atoms with van der Waals surface area (Å²) >= 11 is 0. The van der Waals surface area contributed by atoms with Crippen LogP contribution in [0, 0.1) is 0 Å². The van der Waals surface area contributed by atoms with Crippen molar-refractivity contribution >= 4 is 24.2 Å². The van der Waals surface area contributed by atoms with Gasteiger partial charge in [-0.25, -0.2) is 4.79 Å². The summed E-state index contributed by atoms with van der Waals surface area (Å²) < 4.78 is 0. The molecule has 0 radical (unpaired) electrons. The number of halogens is 1. The largest absolute Gasteiger partial charge is 0.362 e. The van der Waals surface area contributed by atoms with Gasteiger partial charge in [0.2, 0.25) is 6.08 Å². The molecule has 1 heterocycles. The molecular formula is C12H14ClN3O. The lowest BCUT2D eigenvalue weighted by Gasteiger charge is -2.17. The molecule has 0 bridgehead atoms. The lowest BCUT2D eigenvalue weighted by molar-refractivity contribution is 0.291. The Kier molecular flexibility index (Phi) is 4.76. The van der Waals surface area contributed by atoms with Crippen LogP contribution in [-0.2, 0) is 11.3 Å². The minimum atomic E-state index is 0. The summed E-state index contributed by atoms with van der Waals surface area (Å²) in [5.74, 6) is 0. The zero-order chi connectivity index (χ0) is 11.4. The standard InChI is InChI=1S/C12H13N3O.ClH/c1-14-6-7-15(10-14)8-11-2-4-12(5-3-11)13-9-16;/h2-7H,8,10H2,1H3;1H. The molecule has 0 aromatic heterocycles. The van der Waals surface area contributed by atoms with Crippen LogP contribution in [0.5, 0.6) is 0 Å². The van der Waals surface area contributed by atoms with Gasteiger partial charge in [-0.3, -0.25) is 0 Å². The number of rotatable bonds is 3. The Balaban J connectivity index is 0.00000144. The van der Waals surface area contributed by atoms with E-state index in [0.717, 1.165) is 13.2 Å². The highest BCUT2D eigenvalue weighted by Gasteiger charge is 2.08. The molecule has 1 aliphatic rings. The number of aliphatic imine (C=N–C) groups is 1. The summed E-state index contributed by atoms with van der Waals surface area (Å²) in [5, 5.41) is 0. The second-order valence-corrected chi connectivity index (χ2v) is 3.81. The van der Waals surface area contributed by atoms with Gasteiger partial charge in [-0.15, -0.1) is 12.4 Å². The normalized spacial score (nSPS) is 13.2. The predicted molar refractivity (Wildman–Crippen MR) is 68.8 cm³/mol. The molecule has 0 spiro atoms. The number of nitrogens with zero attached hydrogens (tertiary/aromatic N) is 3. The van der Waals surface area contributed by atoms with Crippen LogP contribution >= 0.6 is 12.4 Å². The first-order valence-corrected chi connectivity index (χ1v) is 5.07. The van der Waals surface area contributed by atoms with E-state index in [-0.39, 0.29) is 12.4 Å². The van der Waals surface area contributed by atoms with E-state index >= 15 is 0 Å². The van der Waals surface area contributed by atoms with Crippen molar-refractivity contribution < 1.29 is 4.79 Å². The number of carbonyl (C=O) groups excluding carboxylic acids is 1. The Hall–Kier alpha value is -1.77. The van der Waals surface area contributed by atoms with Crippen molar-refractivity contribution in [1.29, 1.82) is 0 Å². The molecule has 0 unspecified atom stereocenters. The molecule has 5 heteroatoms. The lowest BCUT2D eigenvalue weighted by atomic mass is 10.2. The monoisotopic (exact) mass is 251 g/mol. The fourth-order valence-electron chi connectivity index (χ4n) is 1.65. The highest BCUT2D eigenvalue weighted by atomic mass is 35.5. The highest BCUT2D eigenvalue weighted by Crippen LogP contribution is 2.15. The molecule has 17 heavy (non-hydrogen) atoms. The first kappa shape index (κ1) is 13.3. The van der Waals surface area contributed by atoms with E-state index in [1.165, 1.54) is 11.6 Å². The van der Waals surface area contributed by atoms with Gasteiger partial charge in [0.05, 0.1) is 12.4 Å². The van der Waals surface area contributed by atoms with Crippen LogP contribution in [0.25, 0.3) is 0 Å². The van der Waals surface area contributed by atoms with E-state index in [2.05, 4.69) is 21.0 Å². The molecule has 0 N–H and O–H groups in total. The average Bonchev–Trinajstić information content (AvgIpc) is 2.67. The fraction of sp³-hybridized carbons (Fsp3) is 0.250. The van der Waals surface area contributed by atoms with Crippen LogP contribution in [0.15, 0.2) is 41.7 Å². The number of benzene rings is 1. The second kappa shape index (κ2) is 6.09. The zero-order valence-corrected chi connectivity index (χ0v) is 10.4. The fourth-order valence-corrected chi connectivity index (χ4v) is 1.65. The molecule has 2 rings (SSSR count). The summed E-state index contributed by atoms with van der Waals surface area (Å²) in [6, 6.07) is 7.60. The SMILES string of the molecule is CN1C=CN(Cc2ccc(N=C=O)cc2)C1.Cl. The van der Waals surface area contributed by atoms with Gasteiger partial charge in [0.1, 0.15) is 0 Å². The molecule has 0 aliphatic carbocycles. The Labute approximate surface area is 107 Å². The van der Waals surface area contributed by atoms with E-state index in [1.807, 2.05) is 37.5 Å². The summed E-state index contributed by atoms with van der Waals surface area (Å²) in [4.78, 5) is 17.9. The van der Waals surface area contributed by atoms with Crippen LogP contribution in [0.1, 0.15) is 5.56 Å². The van der Waals surface area contributed by atoms with Gasteiger partial charge in [-0.05, 0) is 17.7 Å². The molecule has 90 valence electrons. The molecule has 0 amide bonds. The quantitative estimate of drug-likeness (QED) is 0.611. The van der Waals surface area contributed by atoms with Crippen LogP contribution in [-0.4, -0.2) is 29.6 Å². The third-order valence-corrected chi connectivity index (χ3v) is 2.43. The third kappa shape index (κ3) is 3.63. The van der Waals surface area contributed by atoms with Gasteiger partial charge < -0.3 is 9.80 Å². The number of isocyanates is 1. The van der Waals surface area contributed by atoms with Crippen LogP contribution in [0.4, 0.5) is 5.69 Å². The average molecular weight is 252 g/mol. The summed E-state index contributed by atoms with van der Waals surface area (Å²) in [7, 11) is 2.04. The van der Waals surface area contributed by atoms with Gasteiger partial charge in [-0.1, -0.05) is 12.1 Å². The molecule has 0 saturated heterocycles. The van der Waals surface area contributed by atoms with E-state index in [4.69, 9.17) is 0 Å². The molecule has 0 atom stereocenters. The summed E-state index contributed by atoms with van der Waals surface area (Å²) in [6.45, 7) is 1.78. The highest BCUT2D eigenvalue weighted by molar-refractivity contribution is 5.85. The predicted octanol–water partition coefficient (Wildman–Crippen LogP) is 2.25. The minimum Gasteiger partial charge on any atom is -0.362 e. The molecular weight excluding hydrogens is 238 g/mol. The first-order chi connectivity index (χ1) is 7.78. The lowest BCUT2D eigenvalue weighted by Crippen LogP contribution is -2.21. The molecule has 1 aliphatic heterocycles. The van der Waals surface area contributed by atoms with Gasteiger partial charge in [0, 0.05) is 26.0 Å².